The third kappa shape index (κ3) is 7.29. The summed E-state index contributed by atoms with van der Waals surface area (Å²) in [5, 5.41) is 13.5. The SMILES string of the molecule is CC(C)C(N)C(=O)Nc1ccc(N2C(=O)N([C@@H](C)c3ccccc3)N=C(C3CCCCC3)c3cc(NCc4ccccc4)ccc32)cc1. The van der Waals surface area contributed by atoms with Gasteiger partial charge in [0.2, 0.25) is 5.91 Å². The Morgan fingerprint density at radius 1 is 0.854 bits per heavy atom. The first-order valence-electron chi connectivity index (χ1n) is 17.2. The molecule has 0 aromatic heterocycles. The van der Waals surface area contributed by atoms with Crippen molar-refractivity contribution in [2.45, 2.75) is 71.5 Å². The van der Waals surface area contributed by atoms with E-state index in [0.717, 1.165) is 53.9 Å². The Bertz CT molecular complexity index is 1730. The lowest BCUT2D eigenvalue weighted by Crippen LogP contribution is -2.39. The molecule has 4 aromatic carbocycles. The fourth-order valence-corrected chi connectivity index (χ4v) is 6.54. The molecule has 8 heteroatoms. The number of hydrogen-bond acceptors (Lipinski definition) is 5. The Balaban J connectivity index is 1.43. The molecule has 1 saturated carbocycles. The molecule has 6 rings (SSSR count). The van der Waals surface area contributed by atoms with E-state index in [0.29, 0.717) is 17.9 Å². The highest BCUT2D eigenvalue weighted by molar-refractivity contribution is 6.14. The minimum absolute atomic E-state index is 0.0125. The number of nitrogens with two attached hydrogens (primary N) is 1. The fraction of sp³-hybridized carbons (Fsp3) is 0.325. The summed E-state index contributed by atoms with van der Waals surface area (Å²) in [5.74, 6) is 0.0132. The molecule has 4 N–H and O–H groups in total. The van der Waals surface area contributed by atoms with Crippen LogP contribution >= 0.6 is 0 Å². The molecule has 1 aliphatic heterocycles. The quantitative estimate of drug-likeness (QED) is 0.161. The van der Waals surface area contributed by atoms with Gasteiger partial charge >= 0.3 is 6.03 Å². The van der Waals surface area contributed by atoms with Crippen LogP contribution in [0, 0.1) is 11.8 Å². The third-order valence-corrected chi connectivity index (χ3v) is 9.51. The first-order chi connectivity index (χ1) is 23.3. The summed E-state index contributed by atoms with van der Waals surface area (Å²) in [5.41, 5.74) is 13.3. The van der Waals surface area contributed by atoms with Crippen LogP contribution in [0.5, 0.6) is 0 Å². The number of nitrogens with zero attached hydrogens (tertiary/aromatic N) is 3. The van der Waals surface area contributed by atoms with Crippen LogP contribution in [0.4, 0.5) is 27.5 Å². The topological polar surface area (TPSA) is 103 Å². The van der Waals surface area contributed by atoms with Gasteiger partial charge in [0.1, 0.15) is 0 Å². The van der Waals surface area contributed by atoms with E-state index in [1.54, 1.807) is 9.91 Å². The van der Waals surface area contributed by atoms with Crippen LogP contribution in [0.25, 0.3) is 0 Å². The maximum Gasteiger partial charge on any atom is 0.350 e. The summed E-state index contributed by atoms with van der Waals surface area (Å²) in [6.07, 6.45) is 5.58. The predicted octanol–water partition coefficient (Wildman–Crippen LogP) is 8.84. The van der Waals surface area contributed by atoms with Crippen LogP contribution in [0.3, 0.4) is 0 Å². The number of carbonyl (C=O) groups excluding carboxylic acids is 2. The molecule has 2 atom stereocenters. The van der Waals surface area contributed by atoms with Crippen molar-refractivity contribution in [2.24, 2.45) is 22.7 Å². The van der Waals surface area contributed by atoms with Gasteiger partial charge in [0.05, 0.1) is 29.2 Å². The Morgan fingerprint density at radius 3 is 2.17 bits per heavy atom. The summed E-state index contributed by atoms with van der Waals surface area (Å²) in [6.45, 7) is 6.56. The van der Waals surface area contributed by atoms with E-state index < -0.39 is 6.04 Å². The maximum absolute atomic E-state index is 14.8. The molecule has 1 aliphatic carbocycles. The van der Waals surface area contributed by atoms with E-state index in [9.17, 15) is 9.59 Å². The molecule has 1 unspecified atom stereocenters. The number of rotatable bonds is 10. The van der Waals surface area contributed by atoms with Crippen LogP contribution in [0.15, 0.2) is 108 Å². The normalized spacial score (nSPS) is 16.5. The molecule has 1 heterocycles. The first-order valence-corrected chi connectivity index (χ1v) is 17.2. The van der Waals surface area contributed by atoms with Crippen molar-refractivity contribution in [1.29, 1.82) is 0 Å². The number of anilines is 4. The highest BCUT2D eigenvalue weighted by Gasteiger charge is 2.36. The van der Waals surface area contributed by atoms with Crippen LogP contribution < -0.4 is 21.3 Å². The number of hydrazone groups is 1. The lowest BCUT2D eigenvalue weighted by atomic mass is 9.82. The van der Waals surface area contributed by atoms with Crippen molar-refractivity contribution in [3.05, 3.63) is 120 Å². The zero-order valence-corrected chi connectivity index (χ0v) is 28.1. The molecule has 48 heavy (non-hydrogen) atoms. The molecular formula is C40H46N6O2. The van der Waals surface area contributed by atoms with Crippen molar-refractivity contribution in [2.75, 3.05) is 15.5 Å². The molecule has 1 fully saturated rings. The molecule has 248 valence electrons. The fourth-order valence-electron chi connectivity index (χ4n) is 6.54. The van der Waals surface area contributed by atoms with Gasteiger partial charge in [-0.3, -0.25) is 9.69 Å². The second-order valence-corrected chi connectivity index (χ2v) is 13.2. The van der Waals surface area contributed by atoms with Crippen LogP contribution in [0.2, 0.25) is 0 Å². The molecule has 8 nitrogen and oxygen atoms in total. The number of fused-ring (bicyclic) bond motifs is 1. The Kier molecular flexibility index (Phi) is 10.2. The number of carbonyl (C=O) groups is 2. The average Bonchev–Trinajstić information content (AvgIpc) is 3.25. The molecule has 0 saturated heterocycles. The Morgan fingerprint density at radius 2 is 1.50 bits per heavy atom. The Hall–Kier alpha value is -4.95. The molecule has 2 aliphatic rings. The zero-order chi connectivity index (χ0) is 33.6. The van der Waals surface area contributed by atoms with Gasteiger partial charge in [0.15, 0.2) is 0 Å². The van der Waals surface area contributed by atoms with Gasteiger partial charge in [-0.2, -0.15) is 5.10 Å². The first kappa shape index (κ1) is 33.0. The summed E-state index contributed by atoms with van der Waals surface area (Å²) in [7, 11) is 0. The van der Waals surface area contributed by atoms with Gasteiger partial charge in [-0.05, 0) is 79.3 Å². The second kappa shape index (κ2) is 14.9. The minimum atomic E-state index is -0.614. The molecule has 0 spiro atoms. The Labute approximate surface area is 284 Å². The number of urea groups is 1. The predicted molar refractivity (Wildman–Crippen MR) is 195 cm³/mol. The lowest BCUT2D eigenvalue weighted by molar-refractivity contribution is -0.118. The summed E-state index contributed by atoms with van der Waals surface area (Å²) >= 11 is 0. The van der Waals surface area contributed by atoms with E-state index in [1.165, 1.54) is 12.0 Å². The minimum Gasteiger partial charge on any atom is -0.381 e. The van der Waals surface area contributed by atoms with Crippen LogP contribution in [-0.4, -0.2) is 28.7 Å². The van der Waals surface area contributed by atoms with Crippen molar-refractivity contribution in [3.63, 3.8) is 0 Å². The van der Waals surface area contributed by atoms with Gasteiger partial charge in [-0.1, -0.05) is 93.8 Å². The third-order valence-electron chi connectivity index (χ3n) is 9.51. The molecule has 0 bridgehead atoms. The second-order valence-electron chi connectivity index (χ2n) is 13.2. The highest BCUT2D eigenvalue weighted by Crippen LogP contribution is 2.40. The van der Waals surface area contributed by atoms with E-state index in [2.05, 4.69) is 28.8 Å². The van der Waals surface area contributed by atoms with Crippen LogP contribution in [0.1, 0.15) is 75.6 Å². The van der Waals surface area contributed by atoms with Crippen molar-refractivity contribution >= 4 is 40.4 Å². The molecule has 3 amide bonds. The summed E-state index contributed by atoms with van der Waals surface area (Å²) in [6, 6.07) is 32.9. The molecular weight excluding hydrogens is 596 g/mol. The smallest absolute Gasteiger partial charge is 0.350 e. The zero-order valence-electron chi connectivity index (χ0n) is 28.1. The molecule has 4 aromatic rings. The highest BCUT2D eigenvalue weighted by atomic mass is 16.2. The van der Waals surface area contributed by atoms with Gasteiger partial charge in [0.25, 0.3) is 0 Å². The number of amides is 3. The van der Waals surface area contributed by atoms with Gasteiger partial charge in [-0.25, -0.2) is 9.80 Å². The van der Waals surface area contributed by atoms with Crippen LogP contribution in [-0.2, 0) is 11.3 Å². The summed E-state index contributed by atoms with van der Waals surface area (Å²) in [4.78, 5) is 29.3. The van der Waals surface area contributed by atoms with Crippen molar-refractivity contribution in [1.82, 2.24) is 5.01 Å². The average molecular weight is 643 g/mol. The maximum atomic E-state index is 14.8. The lowest BCUT2D eigenvalue weighted by Gasteiger charge is -2.30. The number of hydrogen-bond donors (Lipinski definition) is 3. The standard InChI is InChI=1S/C40H46N6O2/c1-27(2)37(41)39(47)43-32-19-22-34(23-20-32)45-36-24-21-33(42-26-29-13-7-4-8-14-29)25-35(36)38(31-17-11-6-12-18-31)44-46(40(45)48)28(3)30-15-9-5-10-16-30/h4-5,7-10,13-16,19-25,27-28,31,37,42H,6,11-12,17-18,26,41H2,1-3H3,(H,43,47)/t28-,37?/m0/s1. The summed E-state index contributed by atoms with van der Waals surface area (Å²) < 4.78 is 0. The van der Waals surface area contributed by atoms with E-state index >= 15 is 0 Å². The van der Waals surface area contributed by atoms with Crippen molar-refractivity contribution < 1.29 is 9.59 Å². The number of nitrogens with one attached hydrogen (secondary N) is 2. The monoisotopic (exact) mass is 642 g/mol. The van der Waals surface area contributed by atoms with Gasteiger partial charge in [-0.15, -0.1) is 0 Å². The van der Waals surface area contributed by atoms with Crippen molar-refractivity contribution in [3.8, 4) is 0 Å². The van der Waals surface area contributed by atoms with Gasteiger partial charge in [0, 0.05) is 29.4 Å². The largest absolute Gasteiger partial charge is 0.381 e. The van der Waals surface area contributed by atoms with E-state index in [1.807, 2.05) is 106 Å². The van der Waals surface area contributed by atoms with E-state index in [-0.39, 0.29) is 29.8 Å². The molecule has 0 radical (unpaired) electrons. The van der Waals surface area contributed by atoms with E-state index in [4.69, 9.17) is 10.8 Å². The number of benzene rings is 4. The van der Waals surface area contributed by atoms with Gasteiger partial charge < -0.3 is 16.4 Å².